The minimum absolute atomic E-state index is 0. The largest absolute Gasteiger partial charge is 0.316 e. The van der Waals surface area contributed by atoms with Gasteiger partial charge in [-0.15, -0.1) is 0 Å². The highest BCUT2D eigenvalue weighted by Gasteiger charge is 1.99. The van der Waals surface area contributed by atoms with Crippen LogP contribution in [0.1, 0.15) is 13.3 Å². The van der Waals surface area contributed by atoms with Gasteiger partial charge in [0.1, 0.15) is 0 Å². The summed E-state index contributed by atoms with van der Waals surface area (Å²) in [5.41, 5.74) is 0. The second-order valence-electron chi connectivity index (χ2n) is 1.81. The molecule has 0 aliphatic carbocycles. The lowest BCUT2D eigenvalue weighted by atomic mass is 10.5. The van der Waals surface area contributed by atoms with Crippen LogP contribution in [0, 0.1) is 0 Å². The van der Waals surface area contributed by atoms with E-state index in [0.717, 1.165) is 6.42 Å². The van der Waals surface area contributed by atoms with Crippen molar-refractivity contribution in [2.24, 2.45) is 0 Å². The van der Waals surface area contributed by atoms with Crippen LogP contribution < -0.4 is 0 Å². The van der Waals surface area contributed by atoms with Crippen molar-refractivity contribution in [3.05, 3.63) is 0 Å². The Morgan fingerprint density at radius 2 is 1.88 bits per heavy atom. The van der Waals surface area contributed by atoms with Crippen molar-refractivity contribution in [1.29, 1.82) is 0 Å². The van der Waals surface area contributed by atoms with E-state index in [2.05, 4.69) is 41.8 Å². The van der Waals surface area contributed by atoms with Crippen LogP contribution in [-0.2, 0) is 0 Å². The molecule has 0 aliphatic rings. The molecule has 0 heterocycles. The first-order valence-electron chi connectivity index (χ1n) is 2.49. The molecule has 0 N–H and O–H groups in total. The van der Waals surface area contributed by atoms with Gasteiger partial charge in [0.05, 0.1) is 4.95 Å². The Kier molecular flexibility index (Phi) is 9.44. The lowest BCUT2D eigenvalue weighted by Gasteiger charge is -2.14. The first kappa shape index (κ1) is 11.9. The Morgan fingerprint density at radius 1 is 1.50 bits per heavy atom. The van der Waals surface area contributed by atoms with E-state index in [1.54, 1.807) is 0 Å². The normalized spacial score (nSPS) is 13.1. The van der Waals surface area contributed by atoms with E-state index in [0.29, 0.717) is 4.95 Å². The quantitative estimate of drug-likeness (QED) is 0.355. The zero-order chi connectivity index (χ0) is 5.86. The minimum atomic E-state index is 0. The van der Waals surface area contributed by atoms with Crippen LogP contribution in [0.2, 0.25) is 0 Å². The summed E-state index contributed by atoms with van der Waals surface area (Å²) in [6.07, 6.45) is 1.16. The lowest BCUT2D eigenvalue weighted by Crippen LogP contribution is -2.20. The molecule has 0 aromatic carbocycles. The molecule has 0 amide bonds. The van der Waals surface area contributed by atoms with Gasteiger partial charge < -0.3 is 0 Å². The van der Waals surface area contributed by atoms with Crippen LogP contribution in [0.25, 0.3) is 0 Å². The predicted octanol–water partition coefficient (Wildman–Crippen LogP) is 0.763. The van der Waals surface area contributed by atoms with Crippen molar-refractivity contribution in [2.45, 2.75) is 18.3 Å². The summed E-state index contributed by atoms with van der Waals surface area (Å²) in [7, 11) is 4.12. The molecular weight excluding hydrogens is 178 g/mol. The van der Waals surface area contributed by atoms with Gasteiger partial charge in [0.2, 0.25) is 0 Å². The SMILES string of the molecule is CCC(Br)N(C)C.[MgH2]. The zero-order valence-corrected chi connectivity index (χ0v) is 6.70. The van der Waals surface area contributed by atoms with Crippen molar-refractivity contribution >= 4 is 39.0 Å². The lowest BCUT2D eigenvalue weighted by molar-refractivity contribution is 0.382. The van der Waals surface area contributed by atoms with Crippen molar-refractivity contribution in [2.75, 3.05) is 14.1 Å². The Balaban J connectivity index is 0. The number of hydrogen-bond donors (Lipinski definition) is 0. The highest BCUT2D eigenvalue weighted by molar-refractivity contribution is 9.09. The first-order chi connectivity index (χ1) is 3.18. The van der Waals surface area contributed by atoms with Gasteiger partial charge >= 0.3 is 23.1 Å². The third kappa shape index (κ3) is 5.35. The van der Waals surface area contributed by atoms with Gasteiger partial charge in [0.25, 0.3) is 0 Å². The first-order valence-corrected chi connectivity index (χ1v) is 3.40. The van der Waals surface area contributed by atoms with Crippen LogP contribution in [0.3, 0.4) is 0 Å². The fourth-order valence-corrected chi connectivity index (χ4v) is 0.365. The predicted molar refractivity (Wildman–Crippen MR) is 45.2 cm³/mol. The van der Waals surface area contributed by atoms with Crippen LogP contribution in [0.5, 0.6) is 0 Å². The molecule has 48 valence electrons. The molecule has 0 saturated heterocycles. The molecule has 0 bridgehead atoms. The number of alkyl halides is 1. The van der Waals surface area contributed by atoms with Gasteiger partial charge in [-0.25, -0.2) is 0 Å². The topological polar surface area (TPSA) is 3.24 Å². The molecule has 0 aromatic rings. The smallest absolute Gasteiger partial charge is 0.297 e. The highest BCUT2D eigenvalue weighted by atomic mass is 79.9. The number of halogens is 1. The van der Waals surface area contributed by atoms with Crippen molar-refractivity contribution in [3.8, 4) is 0 Å². The van der Waals surface area contributed by atoms with Gasteiger partial charge in [0, 0.05) is 0 Å². The van der Waals surface area contributed by atoms with Crippen LogP contribution in [0.15, 0.2) is 0 Å². The monoisotopic (exact) mass is 191 g/mol. The third-order valence-electron chi connectivity index (χ3n) is 0.897. The second-order valence-corrected chi connectivity index (χ2v) is 2.86. The Bertz CT molecular complexity index is 49.7. The van der Waals surface area contributed by atoms with E-state index in [4.69, 9.17) is 0 Å². The average Bonchev–Trinajstić information content (AvgIpc) is 1.65. The van der Waals surface area contributed by atoms with Gasteiger partial charge in [-0.1, -0.05) is 22.9 Å². The standard InChI is InChI=1S/C5H12BrN.Mg.2H/c1-4-5(6)7(2)3;;;/h5H,4H2,1-3H3;;;. The van der Waals surface area contributed by atoms with E-state index >= 15 is 0 Å². The summed E-state index contributed by atoms with van der Waals surface area (Å²) in [6, 6.07) is 0. The summed E-state index contributed by atoms with van der Waals surface area (Å²) in [6.45, 7) is 2.15. The van der Waals surface area contributed by atoms with Crippen molar-refractivity contribution < 1.29 is 0 Å². The summed E-state index contributed by atoms with van der Waals surface area (Å²) in [4.78, 5) is 2.69. The van der Waals surface area contributed by atoms with Gasteiger partial charge in [-0.3, -0.25) is 4.90 Å². The van der Waals surface area contributed by atoms with E-state index in [-0.39, 0.29) is 23.1 Å². The van der Waals surface area contributed by atoms with Crippen molar-refractivity contribution in [3.63, 3.8) is 0 Å². The van der Waals surface area contributed by atoms with E-state index in [9.17, 15) is 0 Å². The average molecular weight is 192 g/mol. The molecule has 1 nitrogen and oxygen atoms in total. The maximum absolute atomic E-state index is 3.47. The van der Waals surface area contributed by atoms with Gasteiger partial charge in [0.15, 0.2) is 0 Å². The van der Waals surface area contributed by atoms with E-state index < -0.39 is 0 Å². The molecule has 0 aliphatic heterocycles. The molecule has 0 radical (unpaired) electrons. The molecule has 1 atom stereocenters. The molecule has 8 heavy (non-hydrogen) atoms. The highest BCUT2D eigenvalue weighted by Crippen LogP contribution is 2.04. The Labute approximate surface area is 76.1 Å². The molecule has 0 fully saturated rings. The summed E-state index contributed by atoms with van der Waals surface area (Å²) in [5.74, 6) is 0. The zero-order valence-electron chi connectivity index (χ0n) is 5.11. The van der Waals surface area contributed by atoms with Crippen LogP contribution >= 0.6 is 15.9 Å². The second kappa shape index (κ2) is 6.33. The maximum Gasteiger partial charge on any atom is 0.316 e. The fourth-order valence-electron chi connectivity index (χ4n) is 0.365. The fraction of sp³-hybridized carbons (Fsp3) is 1.00. The molecule has 0 spiro atoms. The third-order valence-corrected chi connectivity index (χ3v) is 2.36. The van der Waals surface area contributed by atoms with E-state index in [1.807, 2.05) is 0 Å². The Morgan fingerprint density at radius 3 is 1.88 bits per heavy atom. The molecular formula is C5H14BrMgN. The number of hydrogen-bond acceptors (Lipinski definition) is 1. The van der Waals surface area contributed by atoms with Gasteiger partial charge in [-0.2, -0.15) is 0 Å². The van der Waals surface area contributed by atoms with Crippen LogP contribution in [-0.4, -0.2) is 47.0 Å². The van der Waals surface area contributed by atoms with Gasteiger partial charge in [-0.05, 0) is 20.5 Å². The summed E-state index contributed by atoms with van der Waals surface area (Å²) >= 11 is 3.47. The molecule has 0 saturated carbocycles. The van der Waals surface area contributed by atoms with E-state index in [1.165, 1.54) is 0 Å². The number of rotatable bonds is 2. The minimum Gasteiger partial charge on any atom is -0.297 e. The molecule has 1 unspecified atom stereocenters. The molecule has 0 rings (SSSR count). The summed E-state index contributed by atoms with van der Waals surface area (Å²) < 4.78 is 0. The van der Waals surface area contributed by atoms with Crippen LogP contribution in [0.4, 0.5) is 0 Å². The number of nitrogens with zero attached hydrogens (tertiary/aromatic N) is 1. The summed E-state index contributed by atoms with van der Waals surface area (Å²) in [5, 5.41) is 0. The Hall–Kier alpha value is 1.21. The van der Waals surface area contributed by atoms with Crippen molar-refractivity contribution in [1.82, 2.24) is 4.90 Å². The maximum atomic E-state index is 3.47. The molecule has 0 aromatic heterocycles. The molecule has 3 heteroatoms.